The van der Waals surface area contributed by atoms with Crippen molar-refractivity contribution in [1.82, 2.24) is 0 Å². The van der Waals surface area contributed by atoms with E-state index in [4.69, 9.17) is 11.0 Å². The Balaban J connectivity index is 2.26. The predicted octanol–water partition coefficient (Wildman–Crippen LogP) is 7.01. The summed E-state index contributed by atoms with van der Waals surface area (Å²) in [5, 5.41) is 1.20. The molecule has 0 N–H and O–H groups in total. The second kappa shape index (κ2) is 4.81. The summed E-state index contributed by atoms with van der Waals surface area (Å²) in [6.07, 6.45) is 0. The van der Waals surface area contributed by atoms with Crippen molar-refractivity contribution < 1.29 is 11.0 Å². The van der Waals surface area contributed by atoms with E-state index < -0.39 is 0 Å². The number of benzene rings is 5. The second-order valence-electron chi connectivity index (χ2n) is 5.31. The van der Waals surface area contributed by atoms with Gasteiger partial charge in [0.05, 0.1) is 11.0 Å². The molecule has 0 radical (unpaired) electrons. The van der Waals surface area contributed by atoms with E-state index in [0.29, 0.717) is 21.9 Å². The van der Waals surface area contributed by atoms with Crippen molar-refractivity contribution in [2.45, 2.75) is 0 Å². The summed E-state index contributed by atoms with van der Waals surface area (Å²) >= 11 is 3.30. The summed E-state index contributed by atoms with van der Waals surface area (Å²) in [5.74, 6) is 0. The summed E-state index contributed by atoms with van der Waals surface area (Å²) < 4.78 is 68.6. The molecule has 0 heterocycles. The fraction of sp³-hybridized carbons (Fsp3) is 0. The van der Waals surface area contributed by atoms with Gasteiger partial charge < -0.3 is 0 Å². The van der Waals surface area contributed by atoms with E-state index in [1.54, 1.807) is 24.3 Å². The van der Waals surface area contributed by atoms with E-state index in [9.17, 15) is 0 Å². The lowest BCUT2D eigenvalue weighted by Crippen LogP contribution is -1.87. The van der Waals surface area contributed by atoms with Gasteiger partial charge in [-0.05, 0) is 49.5 Å². The zero-order chi connectivity index (χ0) is 22.4. The van der Waals surface area contributed by atoms with Crippen LogP contribution in [-0.2, 0) is 0 Å². The molecule has 0 unspecified atom stereocenters. The molecule has 0 spiro atoms. The minimum absolute atomic E-state index is 0.0512. The molecule has 0 aliphatic carbocycles. The van der Waals surface area contributed by atoms with Crippen LogP contribution in [0.4, 0.5) is 0 Å². The highest BCUT2D eigenvalue weighted by molar-refractivity contribution is 9.10. The van der Waals surface area contributed by atoms with Crippen molar-refractivity contribution in [1.29, 1.82) is 0 Å². The first kappa shape index (κ1) is 7.46. The average molecular weight is 365 g/mol. The van der Waals surface area contributed by atoms with E-state index in [0.717, 1.165) is 0 Å². The van der Waals surface area contributed by atoms with Crippen LogP contribution in [0.2, 0.25) is 0 Å². The maximum Gasteiger partial charge on any atom is 0.0635 e. The van der Waals surface area contributed by atoms with Crippen LogP contribution < -0.4 is 0 Å². The van der Waals surface area contributed by atoms with Gasteiger partial charge in [-0.15, -0.1) is 0 Å². The van der Waals surface area contributed by atoms with Crippen LogP contribution in [0.15, 0.2) is 83.1 Å². The monoisotopic (exact) mass is 364 g/mol. The van der Waals surface area contributed by atoms with Gasteiger partial charge in [-0.25, -0.2) is 0 Å². The van der Waals surface area contributed by atoms with Gasteiger partial charge in [0, 0.05) is 4.47 Å². The van der Waals surface area contributed by atoms with Crippen LogP contribution in [-0.4, -0.2) is 0 Å². The van der Waals surface area contributed by atoms with Gasteiger partial charge in [-0.2, -0.15) is 0 Å². The fourth-order valence-electron chi connectivity index (χ4n) is 2.98. The molecule has 0 aliphatic rings. The van der Waals surface area contributed by atoms with Crippen molar-refractivity contribution in [3.05, 3.63) is 83.1 Å². The number of hydrogen-bond acceptors (Lipinski definition) is 0. The van der Waals surface area contributed by atoms with E-state index in [1.807, 2.05) is 6.07 Å². The third-order valence-corrected chi connectivity index (χ3v) is 4.61. The van der Waals surface area contributed by atoms with Gasteiger partial charge in [-0.3, -0.25) is 0 Å². The van der Waals surface area contributed by atoms with Crippen LogP contribution in [0.1, 0.15) is 11.0 Å². The van der Waals surface area contributed by atoms with E-state index in [-0.39, 0.29) is 74.4 Å². The number of rotatable bonds is 1. The van der Waals surface area contributed by atoms with E-state index >= 15 is 0 Å². The zero-order valence-electron chi connectivity index (χ0n) is 19.8. The lowest BCUT2D eigenvalue weighted by Gasteiger charge is -2.14. The van der Waals surface area contributed by atoms with Crippen molar-refractivity contribution in [3.8, 4) is 11.1 Å². The molecule has 108 valence electrons. The van der Waals surface area contributed by atoms with Crippen molar-refractivity contribution in [2.24, 2.45) is 0 Å². The average Bonchev–Trinajstić information content (AvgIpc) is 2.76. The number of hydrogen-bond donors (Lipinski definition) is 0. The molecule has 5 rings (SSSR count). The molecule has 0 aromatic heterocycles. The summed E-state index contributed by atoms with van der Waals surface area (Å²) in [6.45, 7) is 0. The summed E-state index contributed by atoms with van der Waals surface area (Å²) in [7, 11) is 0. The summed E-state index contributed by atoms with van der Waals surface area (Å²) in [4.78, 5) is 0. The molecule has 1 heteroatoms. The lowest BCUT2D eigenvalue weighted by atomic mass is 9.90. The van der Waals surface area contributed by atoms with Crippen molar-refractivity contribution in [3.63, 3.8) is 0 Å². The summed E-state index contributed by atoms with van der Waals surface area (Å²) in [6, 6.07) is 7.02. The van der Waals surface area contributed by atoms with Crippen LogP contribution >= 0.6 is 15.9 Å². The van der Waals surface area contributed by atoms with Crippen LogP contribution in [0.25, 0.3) is 43.4 Å². The Bertz CT molecular complexity index is 1540. The molecule has 0 aliphatic heterocycles. The zero-order valence-corrected chi connectivity index (χ0v) is 13.4. The molecule has 5 aromatic rings. The van der Waals surface area contributed by atoms with Gasteiger partial charge in [0.2, 0.25) is 0 Å². The first-order chi connectivity index (χ1) is 14.7. The second-order valence-corrected chi connectivity index (χ2v) is 6.10. The quantitative estimate of drug-likeness (QED) is 0.280. The maximum absolute atomic E-state index is 8.74. The van der Waals surface area contributed by atoms with Crippen molar-refractivity contribution >= 4 is 48.2 Å². The Morgan fingerprint density at radius 2 is 1.26 bits per heavy atom. The van der Waals surface area contributed by atoms with Crippen LogP contribution in [0.5, 0.6) is 0 Å². The highest BCUT2D eigenvalue weighted by atomic mass is 79.9. The molecular formula is C22H13Br. The SMILES string of the molecule is [2H]c1c([2H])c2c([2H])c([2H])c3c(-c4ccccc4)c([2H])c([2H])c4c([2H])c([2H])c(c1Br)c2c43. The topological polar surface area (TPSA) is 0 Å². The minimum Gasteiger partial charge on any atom is -0.0622 e. The molecule has 23 heavy (non-hydrogen) atoms. The molecule has 0 amide bonds. The minimum atomic E-state index is -0.271. The molecule has 0 atom stereocenters. The standard InChI is InChI=1S/C22H13Br/c23-20-13-9-16-7-11-18-17(14-4-2-1-3-5-14)10-6-15-8-12-19(20)22(16)21(15)18/h1-13H/i6D,7D,8D,9D,10D,11D,12D,13D. The van der Waals surface area contributed by atoms with Crippen LogP contribution in [0, 0.1) is 0 Å². The largest absolute Gasteiger partial charge is 0.0635 e. The Kier molecular flexibility index (Phi) is 1.56. The van der Waals surface area contributed by atoms with Gasteiger partial charge in [0.1, 0.15) is 0 Å². The smallest absolute Gasteiger partial charge is 0.0622 e. The van der Waals surface area contributed by atoms with E-state index in [1.165, 1.54) is 0 Å². The Labute approximate surface area is 154 Å². The van der Waals surface area contributed by atoms with Gasteiger partial charge in [-0.1, -0.05) is 88.6 Å². The normalized spacial score (nSPS) is 16.6. The van der Waals surface area contributed by atoms with Gasteiger partial charge in [0.25, 0.3) is 0 Å². The summed E-state index contributed by atoms with van der Waals surface area (Å²) in [5.41, 5.74) is 0.922. The highest BCUT2D eigenvalue weighted by Crippen LogP contribution is 2.40. The predicted molar refractivity (Wildman–Crippen MR) is 103 cm³/mol. The molecule has 0 saturated heterocycles. The third-order valence-electron chi connectivity index (χ3n) is 4.02. The first-order valence-corrected chi connectivity index (χ1v) is 7.89. The highest BCUT2D eigenvalue weighted by Gasteiger charge is 2.12. The Hall–Kier alpha value is -2.38. The molecule has 0 bridgehead atoms. The molecule has 5 aromatic carbocycles. The first-order valence-electron chi connectivity index (χ1n) is 11.1. The maximum atomic E-state index is 8.74. The Morgan fingerprint density at radius 3 is 2.04 bits per heavy atom. The van der Waals surface area contributed by atoms with Crippen molar-refractivity contribution in [2.75, 3.05) is 0 Å². The molecule has 0 saturated carbocycles. The molecule has 0 fully saturated rings. The van der Waals surface area contributed by atoms with Gasteiger partial charge in [0.15, 0.2) is 0 Å². The molecular weight excluding hydrogens is 344 g/mol. The van der Waals surface area contributed by atoms with Gasteiger partial charge >= 0.3 is 0 Å². The lowest BCUT2D eigenvalue weighted by molar-refractivity contribution is 1.66. The molecule has 0 nitrogen and oxygen atoms in total. The van der Waals surface area contributed by atoms with E-state index in [2.05, 4.69) is 15.9 Å². The number of halogens is 1. The fourth-order valence-corrected chi connectivity index (χ4v) is 3.37. The Morgan fingerprint density at radius 1 is 0.652 bits per heavy atom. The van der Waals surface area contributed by atoms with Crippen LogP contribution in [0.3, 0.4) is 0 Å². The third kappa shape index (κ3) is 1.83.